The van der Waals surface area contributed by atoms with Crippen LogP contribution in [0.1, 0.15) is 188 Å². The molecule has 0 aromatic carbocycles. The molecule has 0 fully saturated rings. The lowest BCUT2D eigenvalue weighted by atomic mass is 10.1. The third-order valence-corrected chi connectivity index (χ3v) is 9.25. The first kappa shape index (κ1) is 54.6. The fourth-order valence-electron chi connectivity index (χ4n) is 5.86. The van der Waals surface area contributed by atoms with Crippen LogP contribution in [-0.2, 0) is 23.8 Å². The van der Waals surface area contributed by atoms with Crippen LogP contribution in [0.3, 0.4) is 0 Å². The normalized spacial score (nSPS) is 13.2. The number of ether oxygens (including phenoxy) is 3. The Bertz CT molecular complexity index is 1180. The molecule has 0 aliphatic heterocycles. The molecule has 5 heteroatoms. The first-order chi connectivity index (χ1) is 28.6. The summed E-state index contributed by atoms with van der Waals surface area (Å²) in [4.78, 5) is 25.3. The zero-order chi connectivity index (χ0) is 42.1. The molecule has 58 heavy (non-hydrogen) atoms. The molecular formula is C53H86O5. The lowest BCUT2D eigenvalue weighted by Crippen LogP contribution is -2.30. The summed E-state index contributed by atoms with van der Waals surface area (Å²) in [6.45, 7) is 7.34. The minimum Gasteiger partial charge on any atom is -0.462 e. The summed E-state index contributed by atoms with van der Waals surface area (Å²) in [5.74, 6) is -0.473. The van der Waals surface area contributed by atoms with Crippen molar-refractivity contribution in [3.05, 3.63) is 109 Å². The molecule has 0 amide bonds. The molecule has 0 N–H and O–H groups in total. The maximum atomic E-state index is 12.7. The van der Waals surface area contributed by atoms with Crippen molar-refractivity contribution in [1.29, 1.82) is 0 Å². The van der Waals surface area contributed by atoms with Gasteiger partial charge < -0.3 is 14.2 Å². The summed E-state index contributed by atoms with van der Waals surface area (Å²) >= 11 is 0. The molecule has 0 saturated carbocycles. The van der Waals surface area contributed by atoms with Crippen LogP contribution in [0, 0.1) is 0 Å². The first-order valence-electron chi connectivity index (χ1n) is 23.4. The Labute approximate surface area is 357 Å². The Morgan fingerprint density at radius 3 is 1.24 bits per heavy atom. The molecule has 0 rings (SSSR count). The number of carbonyl (C=O) groups excluding carboxylic acids is 2. The van der Waals surface area contributed by atoms with Crippen LogP contribution in [0.5, 0.6) is 0 Å². The standard InChI is InChI=1S/C53H86O5/c1-4-7-10-13-16-19-22-25-27-29-31-34-37-40-43-46-52(54)57-50-51(49-56-48-45-42-39-36-33-30-26-23-20-17-14-11-8-5-2)58-53(55)47-44-41-38-35-32-28-24-21-18-15-12-9-6-3/h7-8,10-12,15-17,19-21,24-27,30,36,39,51H,4-6,9,13-14,18,22-23,28-29,31-35,37-38,40-50H2,1-3H3/b10-7-,11-8-,15-12-,19-16-,20-17-,24-21-,27-25-,30-26-,39-36-. The predicted octanol–water partition coefficient (Wildman–Crippen LogP) is 15.7. The largest absolute Gasteiger partial charge is 0.462 e. The van der Waals surface area contributed by atoms with Gasteiger partial charge in [-0.15, -0.1) is 0 Å². The van der Waals surface area contributed by atoms with E-state index in [9.17, 15) is 9.59 Å². The molecule has 0 radical (unpaired) electrons. The highest BCUT2D eigenvalue weighted by Gasteiger charge is 2.17. The van der Waals surface area contributed by atoms with Gasteiger partial charge in [-0.25, -0.2) is 0 Å². The monoisotopic (exact) mass is 803 g/mol. The molecule has 5 nitrogen and oxygen atoms in total. The average Bonchev–Trinajstić information content (AvgIpc) is 3.22. The molecule has 1 unspecified atom stereocenters. The molecule has 0 aliphatic carbocycles. The number of allylic oxidation sites excluding steroid dienone is 18. The van der Waals surface area contributed by atoms with E-state index in [0.29, 0.717) is 19.4 Å². The van der Waals surface area contributed by atoms with Crippen molar-refractivity contribution in [1.82, 2.24) is 0 Å². The van der Waals surface area contributed by atoms with Crippen LogP contribution >= 0.6 is 0 Å². The van der Waals surface area contributed by atoms with E-state index in [4.69, 9.17) is 14.2 Å². The van der Waals surface area contributed by atoms with E-state index in [1.807, 2.05) is 0 Å². The minimum absolute atomic E-state index is 0.0420. The van der Waals surface area contributed by atoms with E-state index >= 15 is 0 Å². The van der Waals surface area contributed by atoms with Gasteiger partial charge in [0.1, 0.15) is 6.61 Å². The quantitative estimate of drug-likeness (QED) is 0.0350. The SMILES string of the molecule is CC/C=C\C/C=C\C/C=C\C/C=C\CCCOCC(COC(=O)CCCCCCC/C=C\C/C=C\C/C=C\CC)OC(=O)CCCCCCC/C=C\C/C=C\CCC. The molecular weight excluding hydrogens is 717 g/mol. The smallest absolute Gasteiger partial charge is 0.306 e. The van der Waals surface area contributed by atoms with E-state index < -0.39 is 6.10 Å². The summed E-state index contributed by atoms with van der Waals surface area (Å²) < 4.78 is 17.2. The second-order valence-corrected chi connectivity index (χ2v) is 14.9. The van der Waals surface area contributed by atoms with E-state index in [1.165, 1.54) is 32.1 Å². The maximum absolute atomic E-state index is 12.7. The Hall–Kier alpha value is -3.44. The van der Waals surface area contributed by atoms with Gasteiger partial charge in [-0.1, -0.05) is 175 Å². The van der Waals surface area contributed by atoms with Gasteiger partial charge in [0, 0.05) is 19.4 Å². The van der Waals surface area contributed by atoms with Gasteiger partial charge in [0.05, 0.1) is 6.61 Å². The van der Waals surface area contributed by atoms with Crippen molar-refractivity contribution in [3.63, 3.8) is 0 Å². The zero-order valence-corrected chi connectivity index (χ0v) is 37.5. The minimum atomic E-state index is -0.584. The van der Waals surface area contributed by atoms with Crippen LogP contribution in [0.15, 0.2) is 109 Å². The van der Waals surface area contributed by atoms with Gasteiger partial charge in [0.15, 0.2) is 6.10 Å². The van der Waals surface area contributed by atoms with Crippen molar-refractivity contribution in [2.75, 3.05) is 19.8 Å². The summed E-state index contributed by atoms with van der Waals surface area (Å²) in [5, 5.41) is 0. The molecule has 328 valence electrons. The molecule has 1 atom stereocenters. The number of esters is 2. The third kappa shape index (κ3) is 45.3. The molecule has 0 aliphatic rings. The number of rotatable bonds is 41. The fourth-order valence-corrected chi connectivity index (χ4v) is 5.86. The predicted molar refractivity (Wildman–Crippen MR) is 251 cm³/mol. The summed E-state index contributed by atoms with van der Waals surface area (Å²) in [5.41, 5.74) is 0. The van der Waals surface area contributed by atoms with E-state index in [-0.39, 0.29) is 25.2 Å². The second kappa shape index (κ2) is 47.9. The number of carbonyl (C=O) groups is 2. The second-order valence-electron chi connectivity index (χ2n) is 14.9. The lowest BCUT2D eigenvalue weighted by molar-refractivity contribution is -0.163. The zero-order valence-electron chi connectivity index (χ0n) is 37.5. The van der Waals surface area contributed by atoms with Crippen LogP contribution in [0.2, 0.25) is 0 Å². The van der Waals surface area contributed by atoms with E-state index in [1.54, 1.807) is 0 Å². The van der Waals surface area contributed by atoms with Crippen LogP contribution in [0.4, 0.5) is 0 Å². The van der Waals surface area contributed by atoms with Gasteiger partial charge in [0.2, 0.25) is 0 Å². The van der Waals surface area contributed by atoms with Crippen molar-refractivity contribution >= 4 is 11.9 Å². The first-order valence-corrected chi connectivity index (χ1v) is 23.4. The molecule has 0 aromatic heterocycles. The van der Waals surface area contributed by atoms with Crippen molar-refractivity contribution in [3.8, 4) is 0 Å². The highest BCUT2D eigenvalue weighted by atomic mass is 16.6. The van der Waals surface area contributed by atoms with Crippen molar-refractivity contribution < 1.29 is 23.8 Å². The summed E-state index contributed by atoms with van der Waals surface area (Å²) in [6.07, 6.45) is 65.3. The molecule has 0 saturated heterocycles. The Balaban J connectivity index is 4.42. The Kier molecular flexibility index (Phi) is 45.1. The maximum Gasteiger partial charge on any atom is 0.306 e. The van der Waals surface area contributed by atoms with E-state index in [2.05, 4.69) is 130 Å². The van der Waals surface area contributed by atoms with Gasteiger partial charge in [-0.05, 0) is 109 Å². The number of hydrogen-bond acceptors (Lipinski definition) is 5. The molecule has 0 bridgehead atoms. The molecule has 0 spiro atoms. The van der Waals surface area contributed by atoms with Crippen molar-refractivity contribution in [2.45, 2.75) is 194 Å². The topological polar surface area (TPSA) is 61.8 Å². The van der Waals surface area contributed by atoms with Gasteiger partial charge >= 0.3 is 11.9 Å². The third-order valence-electron chi connectivity index (χ3n) is 9.25. The van der Waals surface area contributed by atoms with Gasteiger partial charge in [0.25, 0.3) is 0 Å². The van der Waals surface area contributed by atoms with Crippen LogP contribution in [-0.4, -0.2) is 37.9 Å². The Morgan fingerprint density at radius 1 is 0.397 bits per heavy atom. The van der Waals surface area contributed by atoms with Crippen LogP contribution < -0.4 is 0 Å². The lowest BCUT2D eigenvalue weighted by Gasteiger charge is -2.18. The average molecular weight is 803 g/mol. The fraction of sp³-hybridized carbons (Fsp3) is 0.623. The molecule has 0 heterocycles. The highest BCUT2D eigenvalue weighted by Crippen LogP contribution is 2.12. The number of hydrogen-bond donors (Lipinski definition) is 0. The van der Waals surface area contributed by atoms with Gasteiger partial charge in [-0.2, -0.15) is 0 Å². The Morgan fingerprint density at radius 2 is 0.776 bits per heavy atom. The van der Waals surface area contributed by atoms with Crippen molar-refractivity contribution in [2.24, 2.45) is 0 Å². The highest BCUT2D eigenvalue weighted by molar-refractivity contribution is 5.70. The van der Waals surface area contributed by atoms with E-state index in [0.717, 1.165) is 122 Å². The summed E-state index contributed by atoms with van der Waals surface area (Å²) in [7, 11) is 0. The summed E-state index contributed by atoms with van der Waals surface area (Å²) in [6, 6.07) is 0. The number of unbranched alkanes of at least 4 members (excludes halogenated alkanes) is 12. The molecule has 0 aromatic rings. The van der Waals surface area contributed by atoms with Crippen LogP contribution in [0.25, 0.3) is 0 Å². The van der Waals surface area contributed by atoms with Gasteiger partial charge in [-0.3, -0.25) is 9.59 Å².